The maximum atomic E-state index is 11.2. The number of pyridine rings is 1. The minimum atomic E-state index is -0.935. The normalized spacial score (nSPS) is 10.7. The summed E-state index contributed by atoms with van der Waals surface area (Å²) >= 11 is 0. The molecule has 0 saturated heterocycles. The molecule has 1 rings (SSSR count). The van der Waals surface area contributed by atoms with Crippen molar-refractivity contribution in [2.45, 2.75) is 20.3 Å². The zero-order valence-electron chi connectivity index (χ0n) is 11.4. The van der Waals surface area contributed by atoms with E-state index in [1.807, 2.05) is 21.0 Å². The van der Waals surface area contributed by atoms with E-state index in [1.54, 1.807) is 13.0 Å². The van der Waals surface area contributed by atoms with Gasteiger partial charge in [-0.2, -0.15) is 0 Å². The highest BCUT2D eigenvalue weighted by atomic mass is 16.4. The second-order valence-corrected chi connectivity index (χ2v) is 4.66. The zero-order valence-corrected chi connectivity index (χ0v) is 11.4. The highest BCUT2D eigenvalue weighted by Gasteiger charge is 2.14. The molecule has 0 aliphatic heterocycles. The number of anilines is 1. The molecule has 100 valence electrons. The van der Waals surface area contributed by atoms with E-state index in [0.717, 1.165) is 25.2 Å². The standard InChI is InChI=1S/C13H21N3O2/c1-9-8-11(14-6-5-7-16(3)4)12(13(17)18)10(2)15-9/h8H,5-7H2,1-4H3,(H,14,15)(H,17,18). The lowest BCUT2D eigenvalue weighted by molar-refractivity contribution is 0.0696. The lowest BCUT2D eigenvalue weighted by Gasteiger charge is -2.14. The van der Waals surface area contributed by atoms with Gasteiger partial charge in [0.1, 0.15) is 5.56 Å². The number of nitrogens with one attached hydrogen (secondary N) is 1. The Hall–Kier alpha value is -1.62. The minimum Gasteiger partial charge on any atom is -0.478 e. The molecule has 0 unspecified atom stereocenters. The monoisotopic (exact) mass is 251 g/mol. The first kappa shape index (κ1) is 14.4. The van der Waals surface area contributed by atoms with Crippen LogP contribution in [-0.4, -0.2) is 48.1 Å². The number of carboxylic acid groups (broad SMARTS) is 1. The molecule has 5 nitrogen and oxygen atoms in total. The fourth-order valence-corrected chi connectivity index (χ4v) is 1.86. The summed E-state index contributed by atoms with van der Waals surface area (Å²) in [6, 6.07) is 1.78. The number of nitrogens with zero attached hydrogens (tertiary/aromatic N) is 2. The van der Waals surface area contributed by atoms with Gasteiger partial charge >= 0.3 is 5.97 Å². The number of hydrogen-bond acceptors (Lipinski definition) is 4. The molecule has 0 saturated carbocycles. The fourth-order valence-electron chi connectivity index (χ4n) is 1.86. The van der Waals surface area contributed by atoms with Crippen LogP contribution >= 0.6 is 0 Å². The van der Waals surface area contributed by atoms with Gasteiger partial charge in [-0.15, -0.1) is 0 Å². The summed E-state index contributed by atoms with van der Waals surface area (Å²) in [4.78, 5) is 17.5. The number of carboxylic acids is 1. The second-order valence-electron chi connectivity index (χ2n) is 4.66. The lowest BCUT2D eigenvalue weighted by atomic mass is 10.1. The van der Waals surface area contributed by atoms with E-state index in [1.165, 1.54) is 0 Å². The summed E-state index contributed by atoms with van der Waals surface area (Å²) in [7, 11) is 4.03. The number of rotatable bonds is 6. The first-order chi connectivity index (χ1) is 8.41. The van der Waals surface area contributed by atoms with Crippen LogP contribution in [0.25, 0.3) is 0 Å². The van der Waals surface area contributed by atoms with Gasteiger partial charge in [-0.05, 0) is 47.0 Å². The number of aromatic nitrogens is 1. The van der Waals surface area contributed by atoms with Gasteiger partial charge in [0.15, 0.2) is 0 Å². The molecule has 0 aliphatic carbocycles. The molecule has 0 spiro atoms. The Balaban J connectivity index is 2.77. The fraction of sp³-hybridized carbons (Fsp3) is 0.538. The minimum absolute atomic E-state index is 0.269. The average molecular weight is 251 g/mol. The SMILES string of the molecule is Cc1cc(NCCCN(C)C)c(C(=O)O)c(C)n1. The third-order valence-electron chi connectivity index (χ3n) is 2.64. The third kappa shape index (κ3) is 4.00. The number of carbonyl (C=O) groups is 1. The van der Waals surface area contributed by atoms with Crippen LogP contribution in [0.3, 0.4) is 0 Å². The Morgan fingerprint density at radius 3 is 2.67 bits per heavy atom. The van der Waals surface area contributed by atoms with Crippen molar-refractivity contribution < 1.29 is 9.90 Å². The number of aromatic carboxylic acids is 1. The molecule has 0 fully saturated rings. The van der Waals surface area contributed by atoms with E-state index in [4.69, 9.17) is 0 Å². The summed E-state index contributed by atoms with van der Waals surface area (Å²) in [6.07, 6.45) is 0.965. The number of hydrogen-bond donors (Lipinski definition) is 2. The average Bonchev–Trinajstić information content (AvgIpc) is 2.22. The Morgan fingerprint density at radius 1 is 1.44 bits per heavy atom. The van der Waals surface area contributed by atoms with Gasteiger partial charge in [-0.3, -0.25) is 4.98 Å². The number of aryl methyl sites for hydroxylation is 2. The van der Waals surface area contributed by atoms with Crippen molar-refractivity contribution in [1.82, 2.24) is 9.88 Å². The molecule has 0 aliphatic rings. The molecule has 5 heteroatoms. The van der Waals surface area contributed by atoms with E-state index < -0.39 is 5.97 Å². The van der Waals surface area contributed by atoms with E-state index in [-0.39, 0.29) is 5.56 Å². The summed E-state index contributed by atoms with van der Waals surface area (Å²) in [5.74, 6) is -0.935. The van der Waals surface area contributed by atoms with Crippen molar-refractivity contribution in [3.8, 4) is 0 Å². The van der Waals surface area contributed by atoms with E-state index in [0.29, 0.717) is 11.4 Å². The molecule has 0 atom stereocenters. The van der Waals surface area contributed by atoms with Crippen LogP contribution in [0.5, 0.6) is 0 Å². The third-order valence-corrected chi connectivity index (χ3v) is 2.64. The highest BCUT2D eigenvalue weighted by molar-refractivity contribution is 5.95. The van der Waals surface area contributed by atoms with Crippen LogP contribution in [0.1, 0.15) is 28.2 Å². The van der Waals surface area contributed by atoms with Crippen molar-refractivity contribution in [3.63, 3.8) is 0 Å². The molecule has 18 heavy (non-hydrogen) atoms. The molecule has 0 amide bonds. The summed E-state index contributed by atoms with van der Waals surface area (Å²) in [5, 5.41) is 12.4. The molecule has 1 aromatic rings. The molecule has 1 heterocycles. The van der Waals surface area contributed by atoms with Crippen LogP contribution in [-0.2, 0) is 0 Å². The van der Waals surface area contributed by atoms with Crippen molar-refractivity contribution in [1.29, 1.82) is 0 Å². The van der Waals surface area contributed by atoms with Gasteiger partial charge in [-0.1, -0.05) is 0 Å². The molecular formula is C13H21N3O2. The van der Waals surface area contributed by atoms with Crippen molar-refractivity contribution in [3.05, 3.63) is 23.0 Å². The highest BCUT2D eigenvalue weighted by Crippen LogP contribution is 2.19. The van der Waals surface area contributed by atoms with E-state index >= 15 is 0 Å². The molecular weight excluding hydrogens is 230 g/mol. The van der Waals surface area contributed by atoms with Crippen LogP contribution in [0.15, 0.2) is 6.07 Å². The van der Waals surface area contributed by atoms with Gasteiger partial charge in [0.2, 0.25) is 0 Å². The first-order valence-electron chi connectivity index (χ1n) is 6.02. The van der Waals surface area contributed by atoms with Crippen LogP contribution < -0.4 is 5.32 Å². The maximum Gasteiger partial charge on any atom is 0.339 e. The zero-order chi connectivity index (χ0) is 13.7. The predicted octanol–water partition coefficient (Wildman–Crippen LogP) is 1.76. The van der Waals surface area contributed by atoms with Crippen LogP contribution in [0.4, 0.5) is 5.69 Å². The predicted molar refractivity (Wildman–Crippen MR) is 72.3 cm³/mol. The van der Waals surface area contributed by atoms with E-state index in [2.05, 4.69) is 15.2 Å². The topological polar surface area (TPSA) is 65.5 Å². The summed E-state index contributed by atoms with van der Waals surface area (Å²) < 4.78 is 0. The summed E-state index contributed by atoms with van der Waals surface area (Å²) in [6.45, 7) is 5.31. The lowest BCUT2D eigenvalue weighted by Crippen LogP contribution is -2.17. The van der Waals surface area contributed by atoms with Gasteiger partial charge in [0.25, 0.3) is 0 Å². The van der Waals surface area contributed by atoms with Crippen molar-refractivity contribution >= 4 is 11.7 Å². The maximum absolute atomic E-state index is 11.2. The van der Waals surface area contributed by atoms with Gasteiger partial charge < -0.3 is 15.3 Å². The van der Waals surface area contributed by atoms with Gasteiger partial charge in [0, 0.05) is 12.2 Å². The Labute approximate surface area is 108 Å². The Morgan fingerprint density at radius 2 is 2.11 bits per heavy atom. The first-order valence-corrected chi connectivity index (χ1v) is 6.02. The smallest absolute Gasteiger partial charge is 0.339 e. The van der Waals surface area contributed by atoms with Crippen LogP contribution in [0.2, 0.25) is 0 Å². The molecule has 2 N–H and O–H groups in total. The Kier molecular flexibility index (Phi) is 5.09. The van der Waals surface area contributed by atoms with Gasteiger partial charge in [-0.25, -0.2) is 4.79 Å². The van der Waals surface area contributed by atoms with Crippen molar-refractivity contribution in [2.24, 2.45) is 0 Å². The largest absolute Gasteiger partial charge is 0.478 e. The van der Waals surface area contributed by atoms with Gasteiger partial charge in [0.05, 0.1) is 11.4 Å². The summed E-state index contributed by atoms with van der Waals surface area (Å²) in [5.41, 5.74) is 2.31. The molecule has 0 radical (unpaired) electrons. The molecule has 0 aromatic carbocycles. The Bertz CT molecular complexity index is 430. The van der Waals surface area contributed by atoms with E-state index in [9.17, 15) is 9.90 Å². The molecule has 1 aromatic heterocycles. The molecule has 0 bridgehead atoms. The van der Waals surface area contributed by atoms with Crippen LogP contribution in [0, 0.1) is 13.8 Å². The van der Waals surface area contributed by atoms with Crippen molar-refractivity contribution in [2.75, 3.05) is 32.5 Å². The quantitative estimate of drug-likeness (QED) is 0.754. The second kappa shape index (κ2) is 6.35.